The fourth-order valence-corrected chi connectivity index (χ4v) is 3.53. The molecule has 4 heteroatoms. The molecule has 2 aliphatic rings. The molecule has 2 aromatic rings. The van der Waals surface area contributed by atoms with Gasteiger partial charge in [-0.15, -0.1) is 0 Å². The van der Waals surface area contributed by atoms with Gasteiger partial charge in [0.05, 0.1) is 0 Å². The van der Waals surface area contributed by atoms with Crippen molar-refractivity contribution in [2.45, 2.75) is 32.1 Å². The smallest absolute Gasteiger partial charge is 0.138 e. The number of rotatable bonds is 2. The van der Waals surface area contributed by atoms with Crippen molar-refractivity contribution >= 4 is 17.3 Å². The topological polar surface area (TPSA) is 32.3 Å². The summed E-state index contributed by atoms with van der Waals surface area (Å²) in [6, 6.07) is 10.8. The van der Waals surface area contributed by atoms with Crippen LogP contribution in [-0.4, -0.2) is 29.6 Å². The Bertz CT molecular complexity index is 647. The number of hydrogen-bond donors (Lipinski definition) is 0. The summed E-state index contributed by atoms with van der Waals surface area (Å²) in [5.41, 5.74) is 2.71. The largest absolute Gasteiger partial charge is 0.356 e. The molecule has 4 nitrogen and oxygen atoms in total. The molecule has 1 aromatic heterocycles. The van der Waals surface area contributed by atoms with Gasteiger partial charge in [0.1, 0.15) is 18.0 Å². The Morgan fingerprint density at radius 3 is 2.45 bits per heavy atom. The Hall–Kier alpha value is -2.10. The number of hydrogen-bond acceptors (Lipinski definition) is 4. The van der Waals surface area contributed by atoms with E-state index >= 15 is 0 Å². The van der Waals surface area contributed by atoms with E-state index < -0.39 is 0 Å². The lowest BCUT2D eigenvalue weighted by molar-refractivity contribution is 0.726. The summed E-state index contributed by atoms with van der Waals surface area (Å²) in [6.07, 6.45) is 8.04. The lowest BCUT2D eigenvalue weighted by Crippen LogP contribution is -2.25. The SMILES string of the molecule is c1ccc2c(c1)CCN2c1cc(N2CCCCCC2)ncn1. The van der Waals surface area contributed by atoms with Crippen molar-refractivity contribution < 1.29 is 0 Å². The first-order valence-electron chi connectivity index (χ1n) is 8.34. The average molecular weight is 294 g/mol. The summed E-state index contributed by atoms with van der Waals surface area (Å²) < 4.78 is 0. The predicted octanol–water partition coefficient (Wildman–Crippen LogP) is 3.55. The molecule has 0 unspecified atom stereocenters. The summed E-state index contributed by atoms with van der Waals surface area (Å²) in [7, 11) is 0. The normalized spacial score (nSPS) is 18.2. The van der Waals surface area contributed by atoms with Crippen LogP contribution < -0.4 is 9.80 Å². The Balaban J connectivity index is 1.62. The van der Waals surface area contributed by atoms with E-state index in [1.165, 1.54) is 36.9 Å². The van der Waals surface area contributed by atoms with Gasteiger partial charge in [0, 0.05) is 31.4 Å². The van der Waals surface area contributed by atoms with Gasteiger partial charge >= 0.3 is 0 Å². The van der Waals surface area contributed by atoms with Crippen LogP contribution in [0, 0.1) is 0 Å². The Kier molecular flexibility index (Phi) is 3.67. The number of benzene rings is 1. The number of aromatic nitrogens is 2. The Morgan fingerprint density at radius 2 is 1.59 bits per heavy atom. The number of anilines is 3. The van der Waals surface area contributed by atoms with E-state index in [-0.39, 0.29) is 0 Å². The second-order valence-electron chi connectivity index (χ2n) is 6.17. The summed E-state index contributed by atoms with van der Waals surface area (Å²) in [6.45, 7) is 3.25. The average Bonchev–Trinajstić information content (AvgIpc) is 2.81. The number of fused-ring (bicyclic) bond motifs is 1. The molecule has 22 heavy (non-hydrogen) atoms. The predicted molar refractivity (Wildman–Crippen MR) is 89.9 cm³/mol. The van der Waals surface area contributed by atoms with E-state index in [4.69, 9.17) is 0 Å². The third-order valence-electron chi connectivity index (χ3n) is 4.73. The van der Waals surface area contributed by atoms with Gasteiger partial charge in [0.15, 0.2) is 0 Å². The molecule has 114 valence electrons. The standard InChI is InChI=1S/C18H22N4/c1-2-6-11-21(10-5-1)17-13-18(20-14-19-17)22-12-9-15-7-3-4-8-16(15)22/h3-4,7-8,13-14H,1-2,5-6,9-12H2. The van der Waals surface area contributed by atoms with Crippen molar-refractivity contribution in [1.82, 2.24) is 9.97 Å². The molecule has 0 amide bonds. The molecule has 0 aliphatic carbocycles. The maximum absolute atomic E-state index is 4.53. The third-order valence-corrected chi connectivity index (χ3v) is 4.73. The molecule has 4 rings (SSSR count). The highest BCUT2D eigenvalue weighted by atomic mass is 15.2. The molecule has 0 saturated carbocycles. The lowest BCUT2D eigenvalue weighted by atomic mass is 10.2. The third kappa shape index (κ3) is 2.54. The molecule has 2 aliphatic heterocycles. The molecule has 0 atom stereocenters. The zero-order chi connectivity index (χ0) is 14.8. The quantitative estimate of drug-likeness (QED) is 0.848. The van der Waals surface area contributed by atoms with Gasteiger partial charge in [-0.05, 0) is 30.9 Å². The first-order chi connectivity index (χ1) is 10.9. The van der Waals surface area contributed by atoms with E-state index in [0.29, 0.717) is 0 Å². The van der Waals surface area contributed by atoms with Crippen LogP contribution in [0.5, 0.6) is 0 Å². The zero-order valence-electron chi connectivity index (χ0n) is 12.9. The number of nitrogens with zero attached hydrogens (tertiary/aromatic N) is 4. The first kappa shape index (κ1) is 13.6. The fraction of sp³-hybridized carbons (Fsp3) is 0.444. The molecule has 1 aromatic carbocycles. The van der Waals surface area contributed by atoms with Crippen molar-refractivity contribution in [3.8, 4) is 0 Å². The molecular formula is C18H22N4. The second-order valence-corrected chi connectivity index (χ2v) is 6.17. The molecule has 3 heterocycles. The molecular weight excluding hydrogens is 272 g/mol. The van der Waals surface area contributed by atoms with Crippen LogP contribution in [0.2, 0.25) is 0 Å². The van der Waals surface area contributed by atoms with Crippen LogP contribution in [0.3, 0.4) is 0 Å². The van der Waals surface area contributed by atoms with Gasteiger partial charge in [-0.25, -0.2) is 9.97 Å². The van der Waals surface area contributed by atoms with Crippen molar-refractivity contribution in [2.75, 3.05) is 29.4 Å². The maximum atomic E-state index is 4.53. The Morgan fingerprint density at radius 1 is 0.818 bits per heavy atom. The molecule has 0 bridgehead atoms. The van der Waals surface area contributed by atoms with Crippen LogP contribution in [-0.2, 0) is 6.42 Å². The molecule has 0 N–H and O–H groups in total. The van der Waals surface area contributed by atoms with Crippen molar-refractivity contribution in [2.24, 2.45) is 0 Å². The summed E-state index contributed by atoms with van der Waals surface area (Å²) in [5.74, 6) is 2.11. The highest BCUT2D eigenvalue weighted by molar-refractivity contribution is 5.68. The van der Waals surface area contributed by atoms with Gasteiger partial charge in [-0.3, -0.25) is 0 Å². The summed E-state index contributed by atoms with van der Waals surface area (Å²) in [4.78, 5) is 13.8. The minimum absolute atomic E-state index is 1.01. The minimum Gasteiger partial charge on any atom is -0.356 e. The summed E-state index contributed by atoms with van der Waals surface area (Å²) in [5, 5.41) is 0. The molecule has 0 radical (unpaired) electrons. The monoisotopic (exact) mass is 294 g/mol. The van der Waals surface area contributed by atoms with Crippen molar-refractivity contribution in [3.63, 3.8) is 0 Å². The minimum atomic E-state index is 1.01. The van der Waals surface area contributed by atoms with E-state index in [1.807, 2.05) is 0 Å². The molecule has 1 fully saturated rings. The molecule has 1 saturated heterocycles. The summed E-state index contributed by atoms with van der Waals surface area (Å²) >= 11 is 0. The lowest BCUT2D eigenvalue weighted by Gasteiger charge is -2.24. The van der Waals surface area contributed by atoms with Crippen LogP contribution in [0.15, 0.2) is 36.7 Å². The van der Waals surface area contributed by atoms with Gasteiger partial charge < -0.3 is 9.80 Å². The fourth-order valence-electron chi connectivity index (χ4n) is 3.53. The van der Waals surface area contributed by atoms with Crippen LogP contribution in [0.4, 0.5) is 17.3 Å². The van der Waals surface area contributed by atoms with Gasteiger partial charge in [-0.2, -0.15) is 0 Å². The van der Waals surface area contributed by atoms with E-state index in [0.717, 1.165) is 37.7 Å². The highest BCUT2D eigenvalue weighted by Gasteiger charge is 2.22. The van der Waals surface area contributed by atoms with Gasteiger partial charge in [0.2, 0.25) is 0 Å². The van der Waals surface area contributed by atoms with Crippen LogP contribution in [0.1, 0.15) is 31.2 Å². The highest BCUT2D eigenvalue weighted by Crippen LogP contribution is 2.34. The van der Waals surface area contributed by atoms with Crippen LogP contribution >= 0.6 is 0 Å². The van der Waals surface area contributed by atoms with Gasteiger partial charge in [0.25, 0.3) is 0 Å². The van der Waals surface area contributed by atoms with Crippen LogP contribution in [0.25, 0.3) is 0 Å². The molecule has 0 spiro atoms. The van der Waals surface area contributed by atoms with Gasteiger partial charge in [-0.1, -0.05) is 31.0 Å². The first-order valence-corrected chi connectivity index (χ1v) is 8.34. The zero-order valence-corrected chi connectivity index (χ0v) is 12.9. The second kappa shape index (κ2) is 5.95. The van der Waals surface area contributed by atoms with E-state index in [1.54, 1.807) is 6.33 Å². The maximum Gasteiger partial charge on any atom is 0.138 e. The van der Waals surface area contributed by atoms with E-state index in [9.17, 15) is 0 Å². The van der Waals surface area contributed by atoms with E-state index in [2.05, 4.69) is 50.1 Å². The number of para-hydroxylation sites is 1. The Labute approximate surface area is 131 Å². The van der Waals surface area contributed by atoms with Crippen molar-refractivity contribution in [1.29, 1.82) is 0 Å². The van der Waals surface area contributed by atoms with Crippen molar-refractivity contribution in [3.05, 3.63) is 42.2 Å².